The predicted octanol–water partition coefficient (Wildman–Crippen LogP) is 1.35. The summed E-state index contributed by atoms with van der Waals surface area (Å²) < 4.78 is 1.45. The van der Waals surface area contributed by atoms with Crippen LogP contribution >= 0.6 is 45.2 Å². The number of nitrogens with one attached hydrogen (secondary N) is 2. The number of urea groups is 1. The monoisotopic (exact) mass is 484 g/mol. The fourth-order valence-electron chi connectivity index (χ4n) is 1.46. The van der Waals surface area contributed by atoms with E-state index in [1.807, 2.05) is 33.2 Å². The van der Waals surface area contributed by atoms with E-state index in [4.69, 9.17) is 0 Å². The van der Waals surface area contributed by atoms with Crippen molar-refractivity contribution >= 4 is 69.1 Å². The standard InChI is InChI=1S/C11H6I2N2O4/c12-5-1-4(8(16)7(13)3-5)2-6-9(17)14-11(19)15-10(6)18/h1-3,16H,(H2,14,15,17,18,19). The third-order valence-corrected chi connectivity index (χ3v) is 3.75. The van der Waals surface area contributed by atoms with Crippen molar-refractivity contribution in [2.45, 2.75) is 0 Å². The van der Waals surface area contributed by atoms with Gasteiger partial charge in [0.15, 0.2) is 0 Å². The number of halogens is 2. The molecule has 1 aliphatic heterocycles. The van der Waals surface area contributed by atoms with E-state index in [9.17, 15) is 19.5 Å². The largest absolute Gasteiger partial charge is 0.506 e. The highest BCUT2D eigenvalue weighted by atomic mass is 127. The van der Waals surface area contributed by atoms with Gasteiger partial charge in [-0.25, -0.2) is 4.79 Å². The summed E-state index contributed by atoms with van der Waals surface area (Å²) in [7, 11) is 0. The van der Waals surface area contributed by atoms with Gasteiger partial charge in [0.05, 0.1) is 3.57 Å². The van der Waals surface area contributed by atoms with Crippen LogP contribution in [0, 0.1) is 7.14 Å². The third-order valence-electron chi connectivity index (χ3n) is 2.30. The van der Waals surface area contributed by atoms with Gasteiger partial charge in [0.25, 0.3) is 11.8 Å². The van der Waals surface area contributed by atoms with Crippen molar-refractivity contribution in [3.8, 4) is 5.75 Å². The first-order valence-electron chi connectivity index (χ1n) is 4.95. The van der Waals surface area contributed by atoms with Gasteiger partial charge >= 0.3 is 6.03 Å². The zero-order chi connectivity index (χ0) is 14.2. The first-order valence-corrected chi connectivity index (χ1v) is 7.10. The lowest BCUT2D eigenvalue weighted by Gasteiger charge is -2.14. The number of aromatic hydroxyl groups is 1. The number of carbonyl (C=O) groups excluding carboxylic acids is 3. The minimum atomic E-state index is -0.853. The van der Waals surface area contributed by atoms with Crippen LogP contribution < -0.4 is 10.6 Å². The van der Waals surface area contributed by atoms with Gasteiger partial charge in [0.2, 0.25) is 0 Å². The molecule has 0 unspecified atom stereocenters. The molecule has 0 radical (unpaired) electrons. The predicted molar refractivity (Wildman–Crippen MR) is 83.2 cm³/mol. The Kier molecular flexibility index (Phi) is 4.08. The molecule has 0 aliphatic carbocycles. The Morgan fingerprint density at radius 2 is 1.63 bits per heavy atom. The van der Waals surface area contributed by atoms with Crippen LogP contribution in [-0.4, -0.2) is 23.0 Å². The Hall–Kier alpha value is -1.17. The first kappa shape index (κ1) is 14.2. The van der Waals surface area contributed by atoms with E-state index in [2.05, 4.69) is 22.6 Å². The van der Waals surface area contributed by atoms with Crippen LogP contribution in [-0.2, 0) is 9.59 Å². The molecule has 19 heavy (non-hydrogen) atoms. The summed E-state index contributed by atoms with van der Waals surface area (Å²) in [6, 6.07) is 2.53. The maximum atomic E-state index is 11.6. The van der Waals surface area contributed by atoms with Crippen molar-refractivity contribution in [2.24, 2.45) is 0 Å². The van der Waals surface area contributed by atoms with Crippen molar-refractivity contribution in [1.29, 1.82) is 0 Å². The first-order chi connectivity index (χ1) is 8.88. The summed E-state index contributed by atoms with van der Waals surface area (Å²) in [5.74, 6) is -1.60. The molecule has 8 heteroatoms. The van der Waals surface area contributed by atoms with E-state index in [1.165, 1.54) is 6.08 Å². The zero-order valence-electron chi connectivity index (χ0n) is 9.16. The molecule has 1 heterocycles. The number of rotatable bonds is 1. The van der Waals surface area contributed by atoms with Crippen LogP contribution in [0.3, 0.4) is 0 Å². The van der Waals surface area contributed by atoms with Crippen molar-refractivity contribution in [1.82, 2.24) is 10.6 Å². The Morgan fingerprint density at radius 1 is 1.05 bits per heavy atom. The molecule has 0 atom stereocenters. The van der Waals surface area contributed by atoms with Crippen LogP contribution in [0.2, 0.25) is 0 Å². The number of phenols is 1. The number of carbonyl (C=O) groups is 3. The van der Waals surface area contributed by atoms with Gasteiger partial charge in [-0.2, -0.15) is 0 Å². The summed E-state index contributed by atoms with van der Waals surface area (Å²) in [5.41, 5.74) is 0.110. The molecule has 0 saturated carbocycles. The average molecular weight is 484 g/mol. The van der Waals surface area contributed by atoms with Gasteiger partial charge in [0.1, 0.15) is 11.3 Å². The van der Waals surface area contributed by atoms with Crippen molar-refractivity contribution in [3.63, 3.8) is 0 Å². The van der Waals surface area contributed by atoms with Crippen LogP contribution in [0.4, 0.5) is 4.79 Å². The Morgan fingerprint density at radius 3 is 2.21 bits per heavy atom. The molecule has 98 valence electrons. The summed E-state index contributed by atoms with van der Waals surface area (Å²) >= 11 is 4.00. The van der Waals surface area contributed by atoms with Gasteiger partial charge in [-0.3, -0.25) is 20.2 Å². The Balaban J connectivity index is 2.49. The molecule has 4 amide bonds. The molecular weight excluding hydrogens is 478 g/mol. The Bertz CT molecular complexity index is 618. The highest BCUT2D eigenvalue weighted by Crippen LogP contribution is 2.28. The molecule has 1 aliphatic rings. The molecular formula is C11H6I2N2O4. The quantitative estimate of drug-likeness (QED) is 0.319. The number of hydrogen-bond acceptors (Lipinski definition) is 4. The molecule has 1 aromatic carbocycles. The Labute approximate surface area is 134 Å². The summed E-state index contributed by atoms with van der Waals surface area (Å²) in [6.07, 6.45) is 1.25. The molecule has 2 rings (SSSR count). The van der Waals surface area contributed by atoms with Gasteiger partial charge < -0.3 is 5.11 Å². The number of phenolic OH excluding ortho intramolecular Hbond substituents is 1. The number of benzene rings is 1. The number of barbiturate groups is 1. The van der Waals surface area contributed by atoms with E-state index in [0.29, 0.717) is 9.13 Å². The van der Waals surface area contributed by atoms with Gasteiger partial charge in [0, 0.05) is 9.13 Å². The number of hydrogen-bond donors (Lipinski definition) is 3. The van der Waals surface area contributed by atoms with Gasteiger partial charge in [-0.05, 0) is 63.4 Å². The average Bonchev–Trinajstić information content (AvgIpc) is 2.29. The topological polar surface area (TPSA) is 95.5 Å². The van der Waals surface area contributed by atoms with Crippen LogP contribution in [0.5, 0.6) is 5.75 Å². The molecule has 0 spiro atoms. The van der Waals surface area contributed by atoms with Crippen LogP contribution in [0.25, 0.3) is 6.08 Å². The maximum Gasteiger partial charge on any atom is 0.328 e. The lowest BCUT2D eigenvalue weighted by atomic mass is 10.1. The van der Waals surface area contributed by atoms with Crippen molar-refractivity contribution < 1.29 is 19.5 Å². The smallest absolute Gasteiger partial charge is 0.328 e. The second-order valence-electron chi connectivity index (χ2n) is 3.62. The summed E-state index contributed by atoms with van der Waals surface area (Å²) in [4.78, 5) is 34.0. The molecule has 6 nitrogen and oxygen atoms in total. The molecule has 1 saturated heterocycles. The number of amides is 4. The lowest BCUT2D eigenvalue weighted by Crippen LogP contribution is -2.51. The normalized spacial score (nSPS) is 15.1. The summed E-state index contributed by atoms with van der Waals surface area (Å²) in [5, 5.41) is 13.8. The fraction of sp³-hybridized carbons (Fsp3) is 0. The molecule has 0 aromatic heterocycles. The van der Waals surface area contributed by atoms with Crippen molar-refractivity contribution in [3.05, 3.63) is 30.4 Å². The minimum absolute atomic E-state index is 0.0222. The highest BCUT2D eigenvalue weighted by Gasteiger charge is 2.28. The maximum absolute atomic E-state index is 11.6. The summed E-state index contributed by atoms with van der Waals surface area (Å²) in [6.45, 7) is 0. The fourth-order valence-corrected chi connectivity index (χ4v) is 3.35. The minimum Gasteiger partial charge on any atom is -0.506 e. The molecule has 0 bridgehead atoms. The molecule has 1 fully saturated rings. The molecule has 1 aromatic rings. The third kappa shape index (κ3) is 3.05. The number of imide groups is 2. The van der Waals surface area contributed by atoms with Crippen LogP contribution in [0.1, 0.15) is 5.56 Å². The van der Waals surface area contributed by atoms with Crippen molar-refractivity contribution in [2.75, 3.05) is 0 Å². The van der Waals surface area contributed by atoms with E-state index in [0.717, 1.165) is 3.57 Å². The second-order valence-corrected chi connectivity index (χ2v) is 6.03. The van der Waals surface area contributed by atoms with E-state index < -0.39 is 17.8 Å². The zero-order valence-corrected chi connectivity index (χ0v) is 13.5. The SMILES string of the molecule is O=C1NC(=O)C(=Cc2cc(I)cc(I)c2O)C(=O)N1. The second kappa shape index (κ2) is 5.45. The van der Waals surface area contributed by atoms with Crippen LogP contribution in [0.15, 0.2) is 17.7 Å². The highest BCUT2D eigenvalue weighted by molar-refractivity contribution is 14.1. The van der Waals surface area contributed by atoms with E-state index >= 15 is 0 Å². The molecule has 3 N–H and O–H groups in total. The van der Waals surface area contributed by atoms with E-state index in [-0.39, 0.29) is 11.3 Å². The van der Waals surface area contributed by atoms with E-state index in [1.54, 1.807) is 12.1 Å². The lowest BCUT2D eigenvalue weighted by molar-refractivity contribution is -0.123. The van der Waals surface area contributed by atoms with Gasteiger partial charge in [-0.1, -0.05) is 0 Å². The van der Waals surface area contributed by atoms with Gasteiger partial charge in [-0.15, -0.1) is 0 Å².